The number of carbonyl (C=O) groups excluding carboxylic acids is 2. The Hall–Kier alpha value is -5.42. The molecule has 2 aromatic heterocycles. The maximum Gasteiger partial charge on any atom is 0.319 e. The molecule has 2 aromatic carbocycles. The van der Waals surface area contributed by atoms with Crippen molar-refractivity contribution in [2.75, 3.05) is 44.2 Å². The molecule has 292 valence electrons. The predicted octanol–water partition coefficient (Wildman–Crippen LogP) is 5.81. The van der Waals surface area contributed by atoms with Gasteiger partial charge in [-0.25, -0.2) is 13.2 Å². The number of halogens is 3. The highest BCUT2D eigenvalue weighted by molar-refractivity contribution is 6.03. The zero-order chi connectivity index (χ0) is 39.1. The second-order valence-corrected chi connectivity index (χ2v) is 15.4. The molecule has 4 aromatic rings. The predicted molar refractivity (Wildman–Crippen MR) is 206 cm³/mol. The van der Waals surface area contributed by atoms with Gasteiger partial charge in [0.25, 0.3) is 0 Å². The Balaban J connectivity index is 1.12. The van der Waals surface area contributed by atoms with E-state index >= 15 is 4.39 Å². The molecule has 4 atom stereocenters. The summed E-state index contributed by atoms with van der Waals surface area (Å²) in [6, 6.07) is 5.15. The molecule has 8 rings (SSSR count). The topological polar surface area (TPSA) is 124 Å². The first kappa shape index (κ1) is 37.5. The first-order valence-electron chi connectivity index (χ1n) is 19.4. The Morgan fingerprint density at radius 3 is 2.70 bits per heavy atom. The lowest BCUT2D eigenvalue weighted by Gasteiger charge is -2.42. The number of amides is 2. The van der Waals surface area contributed by atoms with Crippen molar-refractivity contribution >= 4 is 39.3 Å². The number of aromatic nitrogens is 3. The highest BCUT2D eigenvalue weighted by atomic mass is 19.1. The summed E-state index contributed by atoms with van der Waals surface area (Å²) >= 11 is 0. The number of rotatable bonds is 12. The fourth-order valence-electron chi connectivity index (χ4n) is 9.39. The third-order valence-electron chi connectivity index (χ3n) is 11.9. The SMILES string of the molecule is C#Cc1c(F)ccc2cc(O)cc(-c3ncc4c(N5CC6CCC(C5)N6C(=O)CCCCCNC(=O)C=C)nc(OC[C@@]56CCCN5C[C@H](F)C6)nc4c3F)c12. The minimum absolute atomic E-state index is 0.0710. The second kappa shape index (κ2) is 15.3. The van der Waals surface area contributed by atoms with Gasteiger partial charge in [-0.2, -0.15) is 9.97 Å². The number of benzene rings is 2. The Labute approximate surface area is 322 Å². The Kier molecular flexibility index (Phi) is 10.2. The number of hydrogen-bond acceptors (Lipinski definition) is 9. The lowest BCUT2D eigenvalue weighted by atomic mass is 9.95. The molecule has 6 heterocycles. The van der Waals surface area contributed by atoms with Gasteiger partial charge in [0, 0.05) is 68.3 Å². The fraction of sp³-hybridized carbons (Fsp3) is 0.452. The summed E-state index contributed by atoms with van der Waals surface area (Å²) in [5.74, 6) is 0.961. The summed E-state index contributed by atoms with van der Waals surface area (Å²) in [4.78, 5) is 45.0. The van der Waals surface area contributed by atoms with Crippen LogP contribution in [0, 0.1) is 24.0 Å². The number of fused-ring (bicyclic) bond motifs is 5. The van der Waals surface area contributed by atoms with Crippen LogP contribution < -0.4 is 15.0 Å². The van der Waals surface area contributed by atoms with Gasteiger partial charge in [0.05, 0.1) is 16.5 Å². The minimum atomic E-state index is -0.965. The number of terminal acetylenes is 1. The number of phenolic OH excluding ortho intramolecular Hbond substituents is 1. The van der Waals surface area contributed by atoms with Crippen LogP contribution in [0.2, 0.25) is 0 Å². The van der Waals surface area contributed by atoms with Crippen LogP contribution >= 0.6 is 0 Å². The average Bonchev–Trinajstić information content (AvgIpc) is 3.81. The monoisotopic (exact) mass is 767 g/mol. The molecule has 11 nitrogen and oxygen atoms in total. The van der Waals surface area contributed by atoms with E-state index in [4.69, 9.17) is 16.1 Å². The number of nitrogens with one attached hydrogen (secondary N) is 1. The lowest BCUT2D eigenvalue weighted by Crippen LogP contribution is -2.56. The maximum absolute atomic E-state index is 17.1. The number of anilines is 1. The zero-order valence-electron chi connectivity index (χ0n) is 31.1. The summed E-state index contributed by atoms with van der Waals surface area (Å²) in [5.41, 5.74) is -0.765. The van der Waals surface area contributed by atoms with Gasteiger partial charge >= 0.3 is 6.01 Å². The van der Waals surface area contributed by atoms with Crippen LogP contribution in [0.4, 0.5) is 19.0 Å². The maximum atomic E-state index is 17.1. The largest absolute Gasteiger partial charge is 0.508 e. The van der Waals surface area contributed by atoms with Crippen LogP contribution in [0.3, 0.4) is 0 Å². The molecule has 4 saturated heterocycles. The van der Waals surface area contributed by atoms with Gasteiger partial charge in [0.2, 0.25) is 11.8 Å². The van der Waals surface area contributed by atoms with Gasteiger partial charge in [0.15, 0.2) is 5.82 Å². The molecule has 4 fully saturated rings. The van der Waals surface area contributed by atoms with E-state index < -0.39 is 23.3 Å². The molecule has 2 N–H and O–H groups in total. The molecule has 2 bridgehead atoms. The Morgan fingerprint density at radius 2 is 1.93 bits per heavy atom. The number of pyridine rings is 1. The van der Waals surface area contributed by atoms with Crippen molar-refractivity contribution in [3.8, 4) is 35.4 Å². The number of aromatic hydroxyl groups is 1. The number of ether oxygens (including phenoxy) is 1. The van der Waals surface area contributed by atoms with E-state index in [1.165, 1.54) is 36.5 Å². The molecule has 0 spiro atoms. The summed E-state index contributed by atoms with van der Waals surface area (Å²) in [6.45, 7) is 6.14. The van der Waals surface area contributed by atoms with Gasteiger partial charge in [0.1, 0.15) is 41.4 Å². The van der Waals surface area contributed by atoms with E-state index in [-0.39, 0.29) is 70.0 Å². The number of nitrogens with zero attached hydrogens (tertiary/aromatic N) is 6. The van der Waals surface area contributed by atoms with Crippen molar-refractivity contribution in [2.24, 2.45) is 0 Å². The van der Waals surface area contributed by atoms with Crippen molar-refractivity contribution in [3.63, 3.8) is 0 Å². The van der Waals surface area contributed by atoms with Crippen molar-refractivity contribution in [2.45, 2.75) is 81.6 Å². The van der Waals surface area contributed by atoms with Gasteiger partial charge in [-0.3, -0.25) is 19.5 Å². The van der Waals surface area contributed by atoms with Crippen molar-refractivity contribution in [1.82, 2.24) is 30.1 Å². The minimum Gasteiger partial charge on any atom is -0.508 e. The number of carbonyl (C=O) groups is 2. The third kappa shape index (κ3) is 6.86. The van der Waals surface area contributed by atoms with E-state index in [1.807, 2.05) is 9.80 Å². The van der Waals surface area contributed by atoms with E-state index in [2.05, 4.69) is 32.7 Å². The first-order chi connectivity index (χ1) is 27.1. The van der Waals surface area contributed by atoms with E-state index in [0.29, 0.717) is 62.0 Å². The highest BCUT2D eigenvalue weighted by Crippen LogP contribution is 2.42. The second-order valence-electron chi connectivity index (χ2n) is 15.4. The number of phenols is 1. The third-order valence-corrected chi connectivity index (χ3v) is 11.9. The van der Waals surface area contributed by atoms with Crippen molar-refractivity contribution in [3.05, 3.63) is 60.3 Å². The standard InChI is InChI=1S/C42H44F3N7O4/c1-3-30-33(44)13-10-25-17-29(53)18-31(36(25)30)38-37(45)39-32(20-47-38)40(49-41(48-39)56-24-42-14-8-16-51(42)21-26(43)19-42)50-22-27-11-12-28(23-50)52(27)35(55)9-6-5-7-15-46-34(54)4-2/h1,4,10,13,17-18,20,26-28,53H,2,5-9,11-12,14-16,19,21-24H2,(H,46,54)/t26-,27?,28?,42+/m1/s1. The number of unbranched alkanes of at least 4 members (excludes halogenated alkanes) is 2. The molecule has 4 aliphatic rings. The molecule has 2 amide bonds. The van der Waals surface area contributed by atoms with Crippen LogP contribution in [0.5, 0.6) is 11.8 Å². The summed E-state index contributed by atoms with van der Waals surface area (Å²) < 4.78 is 53.0. The lowest BCUT2D eigenvalue weighted by molar-refractivity contribution is -0.134. The van der Waals surface area contributed by atoms with Crippen LogP contribution in [0.1, 0.15) is 63.4 Å². The van der Waals surface area contributed by atoms with Crippen molar-refractivity contribution in [1.29, 1.82) is 0 Å². The van der Waals surface area contributed by atoms with Crippen LogP contribution in [-0.4, -0.2) is 105 Å². The van der Waals surface area contributed by atoms with Gasteiger partial charge in [-0.05, 0) is 74.7 Å². The van der Waals surface area contributed by atoms with E-state index in [0.717, 1.165) is 45.1 Å². The quantitative estimate of drug-likeness (QED) is 0.105. The zero-order valence-corrected chi connectivity index (χ0v) is 31.1. The smallest absolute Gasteiger partial charge is 0.319 e. The fourth-order valence-corrected chi connectivity index (χ4v) is 9.39. The summed E-state index contributed by atoms with van der Waals surface area (Å²) in [5, 5.41) is 14.3. The van der Waals surface area contributed by atoms with E-state index in [9.17, 15) is 23.5 Å². The molecule has 2 unspecified atom stereocenters. The number of alkyl halides is 1. The molecular weight excluding hydrogens is 724 g/mol. The summed E-state index contributed by atoms with van der Waals surface area (Å²) in [7, 11) is 0. The molecule has 4 aliphatic heterocycles. The normalized spacial score (nSPS) is 23.1. The molecular formula is C42H44F3N7O4. The van der Waals surface area contributed by atoms with Gasteiger partial charge in [-0.1, -0.05) is 25.0 Å². The Bertz CT molecular complexity index is 2250. The van der Waals surface area contributed by atoms with E-state index in [1.54, 1.807) is 0 Å². The first-order valence-corrected chi connectivity index (χ1v) is 19.4. The highest BCUT2D eigenvalue weighted by Gasteiger charge is 2.49. The van der Waals surface area contributed by atoms with Gasteiger partial charge < -0.3 is 25.0 Å². The van der Waals surface area contributed by atoms with Crippen LogP contribution in [-0.2, 0) is 9.59 Å². The molecule has 0 radical (unpaired) electrons. The summed E-state index contributed by atoms with van der Waals surface area (Å²) in [6.07, 6.45) is 13.8. The van der Waals surface area contributed by atoms with Crippen molar-refractivity contribution < 1.29 is 32.6 Å². The van der Waals surface area contributed by atoms with Crippen LogP contribution in [0.15, 0.2) is 43.1 Å². The number of piperazine rings is 1. The number of hydrogen-bond donors (Lipinski definition) is 2. The van der Waals surface area contributed by atoms with Gasteiger partial charge in [-0.15, -0.1) is 6.42 Å². The van der Waals surface area contributed by atoms with Crippen LogP contribution in [0.25, 0.3) is 32.9 Å². The average molecular weight is 768 g/mol. The Morgan fingerprint density at radius 1 is 1.12 bits per heavy atom. The molecule has 56 heavy (non-hydrogen) atoms. The molecule has 14 heteroatoms. The molecule has 0 saturated carbocycles. The molecule has 0 aliphatic carbocycles.